The minimum atomic E-state index is 0. The molecule has 0 fully saturated rings. The third kappa shape index (κ3) is 6.39. The molecule has 0 saturated heterocycles. The van der Waals surface area contributed by atoms with E-state index in [-0.39, 0.29) is 24.0 Å². The molecule has 24 heavy (non-hydrogen) atoms. The van der Waals surface area contributed by atoms with Gasteiger partial charge in [0.25, 0.3) is 0 Å². The van der Waals surface area contributed by atoms with Crippen LogP contribution in [0, 0.1) is 0 Å². The highest BCUT2D eigenvalue weighted by atomic mass is 127. The molecule has 2 aromatic rings. The Kier molecular flexibility index (Phi) is 8.60. The molecule has 0 aliphatic carbocycles. The number of aliphatic imine (C=N–C) groups is 1. The van der Waals surface area contributed by atoms with Gasteiger partial charge in [-0.2, -0.15) is 0 Å². The fourth-order valence-electron chi connectivity index (χ4n) is 2.23. The third-order valence-corrected chi connectivity index (χ3v) is 3.56. The number of benzene rings is 2. The summed E-state index contributed by atoms with van der Waals surface area (Å²) in [4.78, 5) is 8.84. The van der Waals surface area contributed by atoms with Crippen LogP contribution in [0.4, 0.5) is 5.69 Å². The molecule has 0 bridgehead atoms. The molecule has 0 unspecified atom stereocenters. The smallest absolute Gasteiger partial charge is 0.194 e. The van der Waals surface area contributed by atoms with Gasteiger partial charge in [0.1, 0.15) is 0 Å². The first kappa shape index (κ1) is 20.3. The first-order chi connectivity index (χ1) is 11.1. The molecule has 0 aromatic heterocycles. The van der Waals surface area contributed by atoms with Crippen molar-refractivity contribution >= 4 is 35.6 Å². The maximum absolute atomic E-state index is 4.72. The lowest BCUT2D eigenvalue weighted by Crippen LogP contribution is -2.36. The Morgan fingerprint density at radius 3 is 2.21 bits per heavy atom. The summed E-state index contributed by atoms with van der Waals surface area (Å²) < 4.78 is 0. The number of hydrogen-bond acceptors (Lipinski definition) is 2. The second kappa shape index (κ2) is 10.2. The molecule has 1 N–H and O–H groups in total. The largest absolute Gasteiger partial charge is 0.378 e. The number of nitrogens with one attached hydrogen (secondary N) is 1. The van der Waals surface area contributed by atoms with Crippen LogP contribution < -0.4 is 10.2 Å². The van der Waals surface area contributed by atoms with Crippen molar-refractivity contribution in [2.24, 2.45) is 4.99 Å². The predicted molar refractivity (Wildman–Crippen MR) is 114 cm³/mol. The Labute approximate surface area is 162 Å². The monoisotopic (exact) mass is 438 g/mol. The van der Waals surface area contributed by atoms with Crippen molar-refractivity contribution in [2.75, 3.05) is 33.1 Å². The molecule has 0 heterocycles. The van der Waals surface area contributed by atoms with Gasteiger partial charge in [-0.15, -0.1) is 24.0 Å². The molecule has 0 aliphatic rings. The molecular formula is C19H27IN4. The minimum Gasteiger partial charge on any atom is -0.378 e. The molecule has 130 valence electrons. The van der Waals surface area contributed by atoms with Crippen molar-refractivity contribution < 1.29 is 0 Å². The number of guanidine groups is 1. The van der Waals surface area contributed by atoms with E-state index in [0.717, 1.165) is 12.5 Å². The minimum absolute atomic E-state index is 0. The summed E-state index contributed by atoms with van der Waals surface area (Å²) in [5.41, 5.74) is 3.65. The van der Waals surface area contributed by atoms with Crippen molar-refractivity contribution in [2.45, 2.75) is 13.1 Å². The summed E-state index contributed by atoms with van der Waals surface area (Å²) in [6.45, 7) is 1.44. The lowest BCUT2D eigenvalue weighted by molar-refractivity contribution is 0.578. The van der Waals surface area contributed by atoms with Gasteiger partial charge < -0.3 is 15.1 Å². The summed E-state index contributed by atoms with van der Waals surface area (Å²) in [6.07, 6.45) is 0. The molecule has 0 radical (unpaired) electrons. The van der Waals surface area contributed by atoms with Gasteiger partial charge in [-0.05, 0) is 23.3 Å². The molecule has 0 atom stereocenters. The highest BCUT2D eigenvalue weighted by Gasteiger charge is 2.03. The number of nitrogens with zero attached hydrogens (tertiary/aromatic N) is 3. The van der Waals surface area contributed by atoms with E-state index in [2.05, 4.69) is 72.8 Å². The molecule has 0 saturated carbocycles. The van der Waals surface area contributed by atoms with Crippen molar-refractivity contribution in [3.63, 3.8) is 0 Å². The maximum atomic E-state index is 4.72. The summed E-state index contributed by atoms with van der Waals surface area (Å²) in [5, 5.41) is 3.41. The predicted octanol–water partition coefficient (Wildman–Crippen LogP) is 3.58. The number of anilines is 1. The van der Waals surface area contributed by atoms with Crippen LogP contribution in [0.3, 0.4) is 0 Å². The Hall–Kier alpha value is -1.76. The zero-order chi connectivity index (χ0) is 16.7. The second-order valence-corrected chi connectivity index (χ2v) is 5.94. The van der Waals surface area contributed by atoms with Crippen LogP contribution >= 0.6 is 24.0 Å². The number of rotatable bonds is 5. The van der Waals surface area contributed by atoms with E-state index >= 15 is 0 Å². The third-order valence-electron chi connectivity index (χ3n) is 3.56. The van der Waals surface area contributed by atoms with E-state index in [4.69, 9.17) is 4.99 Å². The first-order valence-corrected chi connectivity index (χ1v) is 7.82. The summed E-state index contributed by atoms with van der Waals surface area (Å²) >= 11 is 0. The van der Waals surface area contributed by atoms with Crippen LogP contribution in [0.5, 0.6) is 0 Å². The Balaban J connectivity index is 0.00000288. The molecule has 0 spiro atoms. The van der Waals surface area contributed by atoms with Crippen molar-refractivity contribution in [1.82, 2.24) is 10.2 Å². The van der Waals surface area contributed by atoms with Crippen LogP contribution in [-0.2, 0) is 13.1 Å². The SMILES string of the molecule is CN(C)C(=NCc1cccc(N(C)C)c1)NCc1ccccc1.I. The lowest BCUT2D eigenvalue weighted by Gasteiger charge is -2.18. The molecule has 5 heteroatoms. The van der Waals surface area contributed by atoms with E-state index in [0.29, 0.717) is 6.54 Å². The first-order valence-electron chi connectivity index (χ1n) is 7.82. The van der Waals surface area contributed by atoms with Crippen molar-refractivity contribution in [3.05, 3.63) is 65.7 Å². The topological polar surface area (TPSA) is 30.9 Å². The Morgan fingerprint density at radius 1 is 0.917 bits per heavy atom. The second-order valence-electron chi connectivity index (χ2n) is 5.94. The van der Waals surface area contributed by atoms with Gasteiger partial charge in [-0.1, -0.05) is 42.5 Å². The number of hydrogen-bond donors (Lipinski definition) is 1. The van der Waals surface area contributed by atoms with Crippen LogP contribution in [-0.4, -0.2) is 39.1 Å². The van der Waals surface area contributed by atoms with E-state index in [1.54, 1.807) is 0 Å². The Morgan fingerprint density at radius 2 is 1.58 bits per heavy atom. The van der Waals surface area contributed by atoms with Crippen molar-refractivity contribution in [3.8, 4) is 0 Å². The van der Waals surface area contributed by atoms with Gasteiger partial charge in [0.15, 0.2) is 5.96 Å². The van der Waals surface area contributed by atoms with Crippen LogP contribution in [0.25, 0.3) is 0 Å². The summed E-state index contributed by atoms with van der Waals surface area (Å²) in [6, 6.07) is 18.8. The molecule has 0 aliphatic heterocycles. The van der Waals surface area contributed by atoms with E-state index in [1.165, 1.54) is 16.8 Å². The zero-order valence-electron chi connectivity index (χ0n) is 14.9. The highest BCUT2D eigenvalue weighted by Crippen LogP contribution is 2.14. The van der Waals surface area contributed by atoms with Crippen LogP contribution in [0.2, 0.25) is 0 Å². The number of halogens is 1. The average molecular weight is 438 g/mol. The highest BCUT2D eigenvalue weighted by molar-refractivity contribution is 14.0. The van der Waals surface area contributed by atoms with Gasteiger partial charge in [-0.25, -0.2) is 4.99 Å². The van der Waals surface area contributed by atoms with Crippen LogP contribution in [0.15, 0.2) is 59.6 Å². The zero-order valence-corrected chi connectivity index (χ0v) is 17.2. The lowest BCUT2D eigenvalue weighted by atomic mass is 10.2. The van der Waals surface area contributed by atoms with E-state index < -0.39 is 0 Å². The van der Waals surface area contributed by atoms with Crippen molar-refractivity contribution in [1.29, 1.82) is 0 Å². The van der Waals surface area contributed by atoms with Gasteiger partial charge in [0.05, 0.1) is 6.54 Å². The quantitative estimate of drug-likeness (QED) is 0.440. The molecule has 0 amide bonds. The van der Waals surface area contributed by atoms with Gasteiger partial charge in [0, 0.05) is 40.4 Å². The molecular weight excluding hydrogens is 411 g/mol. The van der Waals surface area contributed by atoms with Gasteiger partial charge in [-0.3, -0.25) is 0 Å². The Bertz CT molecular complexity index is 639. The van der Waals surface area contributed by atoms with Gasteiger partial charge in [0.2, 0.25) is 0 Å². The maximum Gasteiger partial charge on any atom is 0.194 e. The van der Waals surface area contributed by atoms with Crippen LogP contribution in [0.1, 0.15) is 11.1 Å². The summed E-state index contributed by atoms with van der Waals surface area (Å²) in [5.74, 6) is 0.893. The fraction of sp³-hybridized carbons (Fsp3) is 0.316. The fourth-order valence-corrected chi connectivity index (χ4v) is 2.23. The molecule has 2 rings (SSSR count). The summed E-state index contributed by atoms with van der Waals surface area (Å²) in [7, 11) is 8.12. The normalized spacial score (nSPS) is 10.8. The molecule has 4 nitrogen and oxygen atoms in total. The van der Waals surface area contributed by atoms with E-state index in [9.17, 15) is 0 Å². The molecule has 2 aromatic carbocycles. The van der Waals surface area contributed by atoms with E-state index in [1.807, 2.05) is 25.1 Å². The average Bonchev–Trinajstić information content (AvgIpc) is 2.55. The van der Waals surface area contributed by atoms with Gasteiger partial charge >= 0.3 is 0 Å². The standard InChI is InChI=1S/C19H26N4.HI/c1-22(2)18-12-8-11-17(13-18)15-21-19(23(3)4)20-14-16-9-6-5-7-10-16;/h5-13H,14-15H2,1-4H3,(H,20,21);1H.